The van der Waals surface area contributed by atoms with Crippen LogP contribution in [0, 0.1) is 6.92 Å². The van der Waals surface area contributed by atoms with Gasteiger partial charge in [-0.15, -0.1) is 0 Å². The third-order valence-corrected chi connectivity index (χ3v) is 3.20. The SMILES string of the molecule is Cc1cccnc1-c1noc(-c2cc(N)ccc2Cl)n1. The fourth-order valence-electron chi connectivity index (χ4n) is 1.86. The van der Waals surface area contributed by atoms with E-state index in [1.165, 1.54) is 0 Å². The first-order valence-electron chi connectivity index (χ1n) is 5.96. The van der Waals surface area contributed by atoms with Crippen LogP contribution in [0.1, 0.15) is 5.56 Å². The molecule has 0 aliphatic carbocycles. The Labute approximate surface area is 120 Å². The lowest BCUT2D eigenvalue weighted by molar-refractivity contribution is 0.432. The summed E-state index contributed by atoms with van der Waals surface area (Å²) in [5.41, 5.74) is 8.59. The van der Waals surface area contributed by atoms with E-state index in [2.05, 4.69) is 15.1 Å². The number of nitrogens with zero attached hydrogens (tertiary/aromatic N) is 3. The Morgan fingerprint density at radius 3 is 2.90 bits per heavy atom. The van der Waals surface area contributed by atoms with Gasteiger partial charge in [0.2, 0.25) is 5.82 Å². The van der Waals surface area contributed by atoms with Crippen LogP contribution < -0.4 is 5.73 Å². The molecule has 0 amide bonds. The Morgan fingerprint density at radius 2 is 2.10 bits per heavy atom. The van der Waals surface area contributed by atoms with Gasteiger partial charge in [0.05, 0.1) is 10.6 Å². The van der Waals surface area contributed by atoms with Crippen LogP contribution in [0.5, 0.6) is 0 Å². The van der Waals surface area contributed by atoms with Gasteiger partial charge in [0.15, 0.2) is 0 Å². The second kappa shape index (κ2) is 4.94. The van der Waals surface area contributed by atoms with E-state index in [0.717, 1.165) is 5.56 Å². The molecule has 0 aliphatic heterocycles. The maximum absolute atomic E-state index is 6.12. The van der Waals surface area contributed by atoms with Crippen molar-refractivity contribution in [2.45, 2.75) is 6.92 Å². The molecule has 3 rings (SSSR count). The topological polar surface area (TPSA) is 77.8 Å². The standard InChI is InChI=1S/C14H11ClN4O/c1-8-3-2-6-17-12(8)13-18-14(20-19-13)10-7-9(16)4-5-11(10)15/h2-7H,16H2,1H3. The van der Waals surface area contributed by atoms with Crippen molar-refractivity contribution in [3.8, 4) is 23.0 Å². The number of hydrogen-bond donors (Lipinski definition) is 1. The normalized spacial score (nSPS) is 10.7. The van der Waals surface area contributed by atoms with Crippen molar-refractivity contribution in [2.75, 3.05) is 5.73 Å². The molecule has 2 N–H and O–H groups in total. The molecule has 0 atom stereocenters. The van der Waals surface area contributed by atoms with Gasteiger partial charge in [0, 0.05) is 11.9 Å². The molecule has 0 unspecified atom stereocenters. The zero-order valence-electron chi connectivity index (χ0n) is 10.7. The largest absolute Gasteiger partial charge is 0.399 e. The Bertz CT molecular complexity index is 769. The third kappa shape index (κ3) is 2.23. The highest BCUT2D eigenvalue weighted by Gasteiger charge is 2.15. The lowest BCUT2D eigenvalue weighted by Gasteiger charge is -1.99. The lowest BCUT2D eigenvalue weighted by atomic mass is 10.2. The average molecular weight is 287 g/mol. The van der Waals surface area contributed by atoms with Crippen LogP contribution >= 0.6 is 11.6 Å². The van der Waals surface area contributed by atoms with Crippen LogP contribution in [-0.4, -0.2) is 15.1 Å². The van der Waals surface area contributed by atoms with E-state index in [1.54, 1.807) is 24.4 Å². The van der Waals surface area contributed by atoms with Crippen LogP contribution in [0.3, 0.4) is 0 Å². The first-order chi connectivity index (χ1) is 9.65. The highest BCUT2D eigenvalue weighted by Crippen LogP contribution is 2.30. The quantitative estimate of drug-likeness (QED) is 0.731. The van der Waals surface area contributed by atoms with Gasteiger partial charge in [0.25, 0.3) is 5.89 Å². The van der Waals surface area contributed by atoms with Gasteiger partial charge in [-0.2, -0.15) is 4.98 Å². The molecule has 2 heterocycles. The van der Waals surface area contributed by atoms with E-state index >= 15 is 0 Å². The Hall–Kier alpha value is -2.40. The van der Waals surface area contributed by atoms with Crippen molar-refractivity contribution < 1.29 is 4.52 Å². The predicted octanol–water partition coefficient (Wildman–Crippen LogP) is 3.34. The lowest BCUT2D eigenvalue weighted by Crippen LogP contribution is -1.90. The van der Waals surface area contributed by atoms with Crippen molar-refractivity contribution in [2.24, 2.45) is 0 Å². The van der Waals surface area contributed by atoms with Crippen LogP contribution in [0.15, 0.2) is 41.1 Å². The second-order valence-electron chi connectivity index (χ2n) is 4.33. The monoisotopic (exact) mass is 286 g/mol. The fraction of sp³-hybridized carbons (Fsp3) is 0.0714. The van der Waals surface area contributed by atoms with Crippen LogP contribution in [-0.2, 0) is 0 Å². The minimum absolute atomic E-state index is 0.322. The molecule has 0 fully saturated rings. The maximum atomic E-state index is 6.12. The van der Waals surface area contributed by atoms with Crippen molar-refractivity contribution in [3.63, 3.8) is 0 Å². The summed E-state index contributed by atoms with van der Waals surface area (Å²) in [6.45, 7) is 1.94. The highest BCUT2D eigenvalue weighted by molar-refractivity contribution is 6.33. The molecule has 0 spiro atoms. The number of pyridine rings is 1. The molecule has 6 heteroatoms. The molecule has 2 aromatic heterocycles. The Morgan fingerprint density at radius 1 is 1.25 bits per heavy atom. The minimum atomic E-state index is 0.322. The number of aromatic nitrogens is 3. The molecular formula is C14H11ClN4O. The van der Waals surface area contributed by atoms with Gasteiger partial charge in [0.1, 0.15) is 5.69 Å². The number of aryl methyl sites for hydroxylation is 1. The number of hydrogen-bond acceptors (Lipinski definition) is 5. The summed E-state index contributed by atoms with van der Waals surface area (Å²) in [6.07, 6.45) is 1.69. The molecule has 0 aliphatic rings. The Balaban J connectivity index is 2.07. The van der Waals surface area contributed by atoms with E-state index in [-0.39, 0.29) is 0 Å². The summed E-state index contributed by atoms with van der Waals surface area (Å²) < 4.78 is 5.25. The predicted molar refractivity (Wildman–Crippen MR) is 77.1 cm³/mol. The van der Waals surface area contributed by atoms with Crippen LogP contribution in [0.25, 0.3) is 23.0 Å². The van der Waals surface area contributed by atoms with E-state index in [4.69, 9.17) is 21.9 Å². The minimum Gasteiger partial charge on any atom is -0.399 e. The molecular weight excluding hydrogens is 276 g/mol. The van der Waals surface area contributed by atoms with Gasteiger partial charge in [-0.05, 0) is 36.8 Å². The van der Waals surface area contributed by atoms with E-state index in [0.29, 0.717) is 33.7 Å². The second-order valence-corrected chi connectivity index (χ2v) is 4.74. The van der Waals surface area contributed by atoms with E-state index in [9.17, 15) is 0 Å². The molecule has 20 heavy (non-hydrogen) atoms. The van der Waals surface area contributed by atoms with Gasteiger partial charge < -0.3 is 10.3 Å². The number of anilines is 1. The van der Waals surface area contributed by atoms with Crippen LogP contribution in [0.2, 0.25) is 5.02 Å². The number of rotatable bonds is 2. The van der Waals surface area contributed by atoms with E-state index < -0.39 is 0 Å². The average Bonchev–Trinajstić information content (AvgIpc) is 2.91. The molecule has 1 aromatic carbocycles. The molecule has 0 radical (unpaired) electrons. The van der Waals surface area contributed by atoms with Gasteiger partial charge in [-0.25, -0.2) is 0 Å². The van der Waals surface area contributed by atoms with Crippen molar-refractivity contribution in [1.82, 2.24) is 15.1 Å². The zero-order valence-corrected chi connectivity index (χ0v) is 11.4. The van der Waals surface area contributed by atoms with Crippen LogP contribution in [0.4, 0.5) is 5.69 Å². The van der Waals surface area contributed by atoms with Crippen molar-refractivity contribution in [1.29, 1.82) is 0 Å². The van der Waals surface area contributed by atoms with Crippen molar-refractivity contribution >= 4 is 17.3 Å². The zero-order chi connectivity index (χ0) is 14.1. The first kappa shape index (κ1) is 12.6. The molecule has 0 saturated heterocycles. The molecule has 5 nitrogen and oxygen atoms in total. The maximum Gasteiger partial charge on any atom is 0.259 e. The summed E-state index contributed by atoms with van der Waals surface area (Å²) in [6, 6.07) is 8.90. The number of nitrogen functional groups attached to an aromatic ring is 1. The van der Waals surface area contributed by atoms with Gasteiger partial charge in [-0.3, -0.25) is 4.98 Å². The van der Waals surface area contributed by atoms with E-state index in [1.807, 2.05) is 19.1 Å². The summed E-state index contributed by atoms with van der Waals surface area (Å²) >= 11 is 6.12. The fourth-order valence-corrected chi connectivity index (χ4v) is 2.05. The van der Waals surface area contributed by atoms with Crippen molar-refractivity contribution in [3.05, 3.63) is 47.1 Å². The molecule has 0 saturated carbocycles. The number of halogens is 1. The van der Waals surface area contributed by atoms with Gasteiger partial charge in [-0.1, -0.05) is 22.8 Å². The smallest absolute Gasteiger partial charge is 0.259 e. The summed E-state index contributed by atoms with van der Waals surface area (Å²) in [5, 5.41) is 4.45. The highest BCUT2D eigenvalue weighted by atomic mass is 35.5. The third-order valence-electron chi connectivity index (χ3n) is 2.87. The number of nitrogens with two attached hydrogens (primary N) is 1. The number of benzene rings is 1. The van der Waals surface area contributed by atoms with Gasteiger partial charge >= 0.3 is 0 Å². The summed E-state index contributed by atoms with van der Waals surface area (Å²) in [4.78, 5) is 8.59. The first-order valence-corrected chi connectivity index (χ1v) is 6.34. The Kier molecular flexibility index (Phi) is 3.12. The summed E-state index contributed by atoms with van der Waals surface area (Å²) in [7, 11) is 0. The molecule has 0 bridgehead atoms. The molecule has 100 valence electrons. The summed E-state index contributed by atoms with van der Waals surface area (Å²) in [5.74, 6) is 0.749. The molecule has 3 aromatic rings.